The monoisotopic (exact) mass is 677 g/mol. The van der Waals surface area contributed by atoms with Crippen molar-refractivity contribution in [2.75, 3.05) is 0 Å². The van der Waals surface area contributed by atoms with E-state index in [2.05, 4.69) is 112 Å². The number of benzene rings is 7. The number of nitriles is 1. The summed E-state index contributed by atoms with van der Waals surface area (Å²) in [6.07, 6.45) is 0. The molecular formula is C46H28AlN5. The van der Waals surface area contributed by atoms with Crippen LogP contribution in [0.3, 0.4) is 0 Å². The molecule has 9 rings (SSSR count). The van der Waals surface area contributed by atoms with Crippen molar-refractivity contribution in [3.63, 3.8) is 0 Å². The van der Waals surface area contributed by atoms with Crippen molar-refractivity contribution in [2.24, 2.45) is 0 Å². The summed E-state index contributed by atoms with van der Waals surface area (Å²) >= 11 is 2.88. The van der Waals surface area contributed by atoms with Crippen LogP contribution >= 0.6 is 0 Å². The second kappa shape index (κ2) is 13.2. The Morgan fingerprint density at radius 2 is 0.923 bits per heavy atom. The van der Waals surface area contributed by atoms with Gasteiger partial charge in [0.2, 0.25) is 0 Å². The van der Waals surface area contributed by atoms with Gasteiger partial charge in [0.15, 0.2) is 33.8 Å². The quantitative estimate of drug-likeness (QED) is 0.164. The minimum atomic E-state index is 0.513. The van der Waals surface area contributed by atoms with E-state index in [1.54, 1.807) is 0 Å². The van der Waals surface area contributed by atoms with Gasteiger partial charge in [-0.15, -0.1) is 4.43 Å². The van der Waals surface area contributed by atoms with E-state index in [9.17, 15) is 5.26 Å². The van der Waals surface area contributed by atoms with E-state index in [4.69, 9.17) is 15.0 Å². The van der Waals surface area contributed by atoms with Crippen LogP contribution in [0.4, 0.5) is 0 Å². The predicted molar refractivity (Wildman–Crippen MR) is 211 cm³/mol. The van der Waals surface area contributed by atoms with E-state index in [0.717, 1.165) is 65.3 Å². The molecule has 2 heterocycles. The van der Waals surface area contributed by atoms with Gasteiger partial charge < -0.3 is 4.57 Å². The Labute approximate surface area is 309 Å². The molecule has 5 nitrogen and oxygen atoms in total. The summed E-state index contributed by atoms with van der Waals surface area (Å²) in [5.41, 5.74) is 10.5. The molecule has 0 aliphatic heterocycles. The van der Waals surface area contributed by atoms with Gasteiger partial charge in [-0.1, -0.05) is 133 Å². The molecule has 240 valence electrons. The molecule has 0 bridgehead atoms. The molecular weight excluding hydrogens is 650 g/mol. The minimum Gasteiger partial charge on any atom is -0.311 e. The first-order valence-electron chi connectivity index (χ1n) is 17.0. The van der Waals surface area contributed by atoms with Crippen LogP contribution in [0.2, 0.25) is 0 Å². The second-order valence-corrected chi connectivity index (χ2v) is 13.3. The largest absolute Gasteiger partial charge is 0.311 e. The van der Waals surface area contributed by atoms with E-state index in [1.165, 1.54) is 5.56 Å². The van der Waals surface area contributed by atoms with E-state index in [-0.39, 0.29) is 0 Å². The van der Waals surface area contributed by atoms with Gasteiger partial charge in [0.05, 0.1) is 22.7 Å². The number of hydrogen-bond donors (Lipinski definition) is 0. The number of rotatable bonds is 6. The average molecular weight is 678 g/mol. The maximum Gasteiger partial charge on any atom is 0.179 e. The lowest BCUT2D eigenvalue weighted by atomic mass is 9.96. The lowest BCUT2D eigenvalue weighted by Crippen LogP contribution is -2.11. The van der Waals surface area contributed by atoms with E-state index >= 15 is 0 Å². The van der Waals surface area contributed by atoms with Crippen LogP contribution in [0.1, 0.15) is 5.56 Å². The summed E-state index contributed by atoms with van der Waals surface area (Å²) in [6, 6.07) is 60.2. The zero-order chi connectivity index (χ0) is 35.0. The first-order chi connectivity index (χ1) is 25.6. The van der Waals surface area contributed by atoms with Gasteiger partial charge in [0, 0.05) is 33.2 Å². The third-order valence-electron chi connectivity index (χ3n) is 9.46. The fraction of sp³-hybridized carbons (Fsp3) is 0. The summed E-state index contributed by atoms with van der Waals surface area (Å²) in [5.74, 6) is 1.67. The number of nitrogens with zero attached hydrogens (tertiary/aromatic N) is 5. The number of hydrogen-bond acceptors (Lipinski definition) is 4. The number of fused-ring (bicyclic) bond motifs is 3. The molecule has 0 spiro atoms. The highest BCUT2D eigenvalue weighted by Crippen LogP contribution is 2.38. The molecule has 0 amide bonds. The minimum absolute atomic E-state index is 0.513. The van der Waals surface area contributed by atoms with Crippen LogP contribution < -0.4 is 4.43 Å². The van der Waals surface area contributed by atoms with Crippen molar-refractivity contribution in [3.8, 4) is 68.2 Å². The Balaban J connectivity index is 1.20. The SMILES string of the molecule is N#Cc1cc(-c2nc(-c3ccccc3)nc(-c3ccccc3)n2)ccc1-c1ccc2c(c1)c1cc(-c3ccccc3)ccc1n2-c1cccc[c]1[Al]. The molecule has 0 atom stereocenters. The highest BCUT2D eigenvalue weighted by atomic mass is 27.0. The normalized spacial score (nSPS) is 11.1. The van der Waals surface area contributed by atoms with Crippen molar-refractivity contribution in [3.05, 3.63) is 175 Å². The summed E-state index contributed by atoms with van der Waals surface area (Å²) in [7, 11) is 0. The third kappa shape index (κ3) is 5.65. The summed E-state index contributed by atoms with van der Waals surface area (Å²) in [4.78, 5) is 14.6. The average Bonchev–Trinajstić information content (AvgIpc) is 3.54. The standard InChI is InChI=1S/C46H28N5.Al/c47-30-37-27-36(46-49-44(32-15-7-2-8-16-32)48-45(50-46)33-17-9-3-10-18-33)21-24-39(37)35-23-26-43-41(29-35)40-28-34(31-13-5-1-6-14-31)22-25-42(40)51(43)38-19-11-4-12-20-38;/h1-19,21-29H;. The first kappa shape index (κ1) is 31.4. The van der Waals surface area contributed by atoms with Gasteiger partial charge in [-0.25, -0.2) is 15.0 Å². The van der Waals surface area contributed by atoms with Gasteiger partial charge >= 0.3 is 0 Å². The molecule has 52 heavy (non-hydrogen) atoms. The maximum atomic E-state index is 10.5. The predicted octanol–water partition coefficient (Wildman–Crippen LogP) is 9.97. The highest BCUT2D eigenvalue weighted by molar-refractivity contribution is 6.35. The van der Waals surface area contributed by atoms with Crippen LogP contribution in [-0.4, -0.2) is 35.8 Å². The molecule has 0 N–H and O–H groups in total. The van der Waals surface area contributed by atoms with Gasteiger partial charge in [-0.3, -0.25) is 0 Å². The molecule has 0 aliphatic rings. The molecule has 0 saturated heterocycles. The molecule has 0 aliphatic carbocycles. The van der Waals surface area contributed by atoms with Crippen molar-refractivity contribution in [1.29, 1.82) is 5.26 Å². The molecule has 0 saturated carbocycles. The maximum absolute atomic E-state index is 10.5. The third-order valence-corrected chi connectivity index (χ3v) is 9.95. The lowest BCUT2D eigenvalue weighted by Gasteiger charge is -2.13. The van der Waals surface area contributed by atoms with Crippen LogP contribution in [0.15, 0.2) is 170 Å². The van der Waals surface area contributed by atoms with Crippen molar-refractivity contribution in [2.45, 2.75) is 0 Å². The highest BCUT2D eigenvalue weighted by Gasteiger charge is 2.18. The molecule has 0 fully saturated rings. The van der Waals surface area contributed by atoms with E-state index in [0.29, 0.717) is 23.0 Å². The number of aromatic nitrogens is 4. The molecule has 7 aromatic carbocycles. The first-order valence-corrected chi connectivity index (χ1v) is 17.6. The summed E-state index contributed by atoms with van der Waals surface area (Å²) in [5, 5.41) is 12.8. The smallest absolute Gasteiger partial charge is 0.179 e. The van der Waals surface area contributed by atoms with Crippen LogP contribution in [0.5, 0.6) is 0 Å². The fourth-order valence-electron chi connectivity index (χ4n) is 6.92. The molecule has 0 unspecified atom stereocenters. The molecule has 2 radical (unpaired) electrons. The van der Waals surface area contributed by atoms with E-state index < -0.39 is 0 Å². The Bertz CT molecular complexity index is 2750. The molecule has 2 aromatic heterocycles. The van der Waals surface area contributed by atoms with Crippen LogP contribution in [-0.2, 0) is 0 Å². The molecule has 9 aromatic rings. The lowest BCUT2D eigenvalue weighted by molar-refractivity contribution is 1.07. The Morgan fingerprint density at radius 1 is 0.442 bits per heavy atom. The van der Waals surface area contributed by atoms with Crippen molar-refractivity contribution in [1.82, 2.24) is 19.5 Å². The van der Waals surface area contributed by atoms with E-state index in [1.807, 2.05) is 84.9 Å². The van der Waals surface area contributed by atoms with Crippen molar-refractivity contribution < 1.29 is 0 Å². The van der Waals surface area contributed by atoms with Gasteiger partial charge in [-0.2, -0.15) is 5.26 Å². The Morgan fingerprint density at radius 3 is 1.50 bits per heavy atom. The fourth-order valence-corrected chi connectivity index (χ4v) is 7.25. The zero-order valence-corrected chi connectivity index (χ0v) is 29.1. The summed E-state index contributed by atoms with van der Waals surface area (Å²) < 4.78 is 3.44. The van der Waals surface area contributed by atoms with Crippen molar-refractivity contribution >= 4 is 42.5 Å². The summed E-state index contributed by atoms with van der Waals surface area (Å²) in [6.45, 7) is 0. The van der Waals surface area contributed by atoms with Gasteiger partial charge in [-0.05, 0) is 58.7 Å². The van der Waals surface area contributed by atoms with Gasteiger partial charge in [0.25, 0.3) is 0 Å². The van der Waals surface area contributed by atoms with Gasteiger partial charge in [0.1, 0.15) is 0 Å². The van der Waals surface area contributed by atoms with Crippen LogP contribution in [0, 0.1) is 11.3 Å². The second-order valence-electron chi connectivity index (χ2n) is 12.6. The molecule has 6 heteroatoms. The number of para-hydroxylation sites is 1. The topological polar surface area (TPSA) is 67.4 Å². The zero-order valence-electron chi connectivity index (χ0n) is 28.0. The van der Waals surface area contributed by atoms with Crippen LogP contribution in [0.25, 0.3) is 83.9 Å². The Kier molecular flexibility index (Phi) is 7.99. The Hall–Kier alpha value is -6.63.